The van der Waals surface area contributed by atoms with Gasteiger partial charge >= 0.3 is 0 Å². The maximum Gasteiger partial charge on any atom is 0.179 e. The minimum atomic E-state index is -3.67. The number of aliphatic hydroxyl groups is 1. The maximum absolute atomic E-state index is 12.3. The number of pyridine rings is 1. The van der Waals surface area contributed by atoms with Crippen molar-refractivity contribution in [2.45, 2.75) is 17.7 Å². The van der Waals surface area contributed by atoms with Crippen LogP contribution in [0.15, 0.2) is 29.2 Å². The number of hydrogen-bond donors (Lipinski definition) is 2. The largest absolute Gasteiger partial charge is 0.396 e. The molecule has 0 spiro atoms. The molecule has 0 saturated heterocycles. The summed E-state index contributed by atoms with van der Waals surface area (Å²) in [5.41, 5.74) is 8.27. The van der Waals surface area contributed by atoms with Crippen molar-refractivity contribution in [2.24, 2.45) is 0 Å². The topological polar surface area (TPSA) is 121 Å². The summed E-state index contributed by atoms with van der Waals surface area (Å²) < 4.78 is 26.2. The van der Waals surface area contributed by atoms with E-state index in [1.807, 2.05) is 0 Å². The number of nitrogens with zero attached hydrogens (tertiary/aromatic N) is 3. The van der Waals surface area contributed by atoms with Gasteiger partial charge in [0, 0.05) is 12.9 Å². The molecule has 3 aromatic rings. The number of aromatic nitrogens is 2. The third kappa shape index (κ3) is 2.38. The molecule has 0 radical (unpaired) electrons. The Kier molecular flexibility index (Phi) is 3.91. The first-order valence-electron chi connectivity index (χ1n) is 7.32. The second kappa shape index (κ2) is 5.78. The highest BCUT2D eigenvalue weighted by molar-refractivity contribution is 7.91. The minimum absolute atomic E-state index is 0.0353. The van der Waals surface area contributed by atoms with Crippen LogP contribution in [0.5, 0.6) is 0 Å². The van der Waals surface area contributed by atoms with Gasteiger partial charge in [0.2, 0.25) is 0 Å². The average Bonchev–Trinajstić information content (AvgIpc) is 2.91. The fourth-order valence-corrected chi connectivity index (χ4v) is 4.09. The monoisotopic (exact) mass is 344 g/mol. The third-order valence-electron chi connectivity index (χ3n) is 3.90. The van der Waals surface area contributed by atoms with Gasteiger partial charge in [-0.25, -0.2) is 13.4 Å². The third-order valence-corrected chi connectivity index (χ3v) is 5.10. The number of para-hydroxylation sites is 2. The fourth-order valence-electron chi connectivity index (χ4n) is 2.97. The van der Waals surface area contributed by atoms with Gasteiger partial charge < -0.3 is 10.8 Å². The Balaban J connectivity index is 2.57. The van der Waals surface area contributed by atoms with E-state index in [0.29, 0.717) is 28.7 Å². The quantitative estimate of drug-likeness (QED) is 0.735. The Morgan fingerprint density at radius 3 is 2.71 bits per heavy atom. The fraction of sp³-hybridized carbons (Fsp3) is 0.250. The first-order chi connectivity index (χ1) is 11.4. The van der Waals surface area contributed by atoms with E-state index < -0.39 is 9.84 Å². The molecule has 0 unspecified atom stereocenters. The van der Waals surface area contributed by atoms with Crippen LogP contribution in [0.3, 0.4) is 0 Å². The van der Waals surface area contributed by atoms with Crippen LogP contribution in [0.4, 0.5) is 5.82 Å². The van der Waals surface area contributed by atoms with E-state index in [2.05, 4.69) is 11.1 Å². The number of hydrogen-bond acceptors (Lipinski definition) is 6. The van der Waals surface area contributed by atoms with Crippen molar-refractivity contribution in [1.29, 1.82) is 5.26 Å². The van der Waals surface area contributed by atoms with Crippen LogP contribution < -0.4 is 5.73 Å². The highest BCUT2D eigenvalue weighted by Crippen LogP contribution is 2.33. The molecule has 7 nitrogen and oxygen atoms in total. The highest BCUT2D eigenvalue weighted by atomic mass is 32.2. The second-order valence-electron chi connectivity index (χ2n) is 5.54. The van der Waals surface area contributed by atoms with Gasteiger partial charge in [-0.1, -0.05) is 12.1 Å². The number of aliphatic hydroxyl groups excluding tert-OH is 1. The Morgan fingerprint density at radius 2 is 2.08 bits per heavy atom. The smallest absolute Gasteiger partial charge is 0.179 e. The van der Waals surface area contributed by atoms with Crippen molar-refractivity contribution in [3.05, 3.63) is 35.4 Å². The summed E-state index contributed by atoms with van der Waals surface area (Å²) in [4.78, 5) is 4.38. The number of sulfone groups is 1. The van der Waals surface area contributed by atoms with Crippen LogP contribution >= 0.6 is 0 Å². The van der Waals surface area contributed by atoms with Crippen molar-refractivity contribution in [3.63, 3.8) is 0 Å². The lowest BCUT2D eigenvalue weighted by Crippen LogP contribution is -2.14. The second-order valence-corrected chi connectivity index (χ2v) is 7.49. The van der Waals surface area contributed by atoms with Crippen LogP contribution in [-0.2, 0) is 16.3 Å². The molecule has 0 aliphatic heterocycles. The van der Waals surface area contributed by atoms with E-state index in [-0.39, 0.29) is 29.3 Å². The van der Waals surface area contributed by atoms with Gasteiger partial charge in [0.1, 0.15) is 16.8 Å². The van der Waals surface area contributed by atoms with E-state index in [0.717, 1.165) is 6.26 Å². The Hall–Kier alpha value is -2.63. The van der Waals surface area contributed by atoms with E-state index in [4.69, 9.17) is 10.8 Å². The summed E-state index contributed by atoms with van der Waals surface area (Å²) in [6, 6.07) is 9.21. The van der Waals surface area contributed by atoms with Gasteiger partial charge in [-0.3, -0.25) is 4.40 Å². The zero-order valence-corrected chi connectivity index (χ0v) is 13.8. The van der Waals surface area contributed by atoms with Crippen LogP contribution in [0.1, 0.15) is 17.5 Å². The SMILES string of the molecule is CS(=O)(=O)c1c(CCCO)c(C#N)c2nc3ccccc3n2c1N. The lowest BCUT2D eigenvalue weighted by Gasteiger charge is -2.15. The maximum atomic E-state index is 12.3. The normalized spacial score (nSPS) is 11.9. The summed E-state index contributed by atoms with van der Waals surface area (Å²) in [7, 11) is -3.67. The van der Waals surface area contributed by atoms with Gasteiger partial charge in [0.15, 0.2) is 15.5 Å². The molecule has 3 N–H and O–H groups in total. The zero-order chi connectivity index (χ0) is 17.5. The minimum Gasteiger partial charge on any atom is -0.396 e. The molecule has 1 aromatic carbocycles. The standard InChI is InChI=1S/C16H16N4O3S/c1-24(22,23)14-10(5-4-8-21)11(9-17)16-19-12-6-2-3-7-13(12)20(16)15(14)18/h2-3,6-7,21H,4-5,8,18H2,1H3. The summed E-state index contributed by atoms with van der Waals surface area (Å²) in [6.45, 7) is -0.116. The molecule has 2 heterocycles. The van der Waals surface area contributed by atoms with Crippen molar-refractivity contribution >= 4 is 32.3 Å². The molecule has 8 heteroatoms. The van der Waals surface area contributed by atoms with E-state index >= 15 is 0 Å². The van der Waals surface area contributed by atoms with E-state index in [1.54, 1.807) is 24.3 Å². The first kappa shape index (κ1) is 16.2. The number of nitrogen functional groups attached to an aromatic ring is 1. The predicted octanol–water partition coefficient (Wildman–Crippen LogP) is 1.27. The van der Waals surface area contributed by atoms with Gasteiger partial charge in [-0.2, -0.15) is 5.26 Å². The Morgan fingerprint density at radius 1 is 1.38 bits per heavy atom. The Labute approximate surface area is 138 Å². The summed E-state index contributed by atoms with van der Waals surface area (Å²) >= 11 is 0. The molecule has 0 fully saturated rings. The highest BCUT2D eigenvalue weighted by Gasteiger charge is 2.26. The van der Waals surface area contributed by atoms with Crippen LogP contribution in [0.2, 0.25) is 0 Å². The number of imidazole rings is 1. The summed E-state index contributed by atoms with van der Waals surface area (Å²) in [5.74, 6) is 0.0353. The van der Waals surface area contributed by atoms with Crippen molar-refractivity contribution in [2.75, 3.05) is 18.6 Å². The molecule has 0 atom stereocenters. The predicted molar refractivity (Wildman–Crippen MR) is 90.3 cm³/mol. The lowest BCUT2D eigenvalue weighted by molar-refractivity contribution is 0.288. The number of benzene rings is 1. The number of nitriles is 1. The lowest BCUT2D eigenvalue weighted by atomic mass is 10.0. The van der Waals surface area contributed by atoms with Gasteiger partial charge in [-0.15, -0.1) is 0 Å². The van der Waals surface area contributed by atoms with Crippen LogP contribution in [-0.4, -0.2) is 35.8 Å². The molecule has 2 aromatic heterocycles. The molecule has 0 aliphatic rings. The van der Waals surface area contributed by atoms with E-state index in [1.165, 1.54) is 4.40 Å². The molecule has 0 bridgehead atoms. The van der Waals surface area contributed by atoms with Crippen molar-refractivity contribution in [1.82, 2.24) is 9.38 Å². The van der Waals surface area contributed by atoms with E-state index in [9.17, 15) is 13.7 Å². The number of rotatable bonds is 4. The number of anilines is 1. The molecule has 0 amide bonds. The molecule has 0 saturated carbocycles. The van der Waals surface area contributed by atoms with Crippen molar-refractivity contribution < 1.29 is 13.5 Å². The van der Waals surface area contributed by atoms with Crippen molar-refractivity contribution in [3.8, 4) is 6.07 Å². The summed E-state index contributed by atoms with van der Waals surface area (Å²) in [5, 5.41) is 18.7. The van der Waals surface area contributed by atoms with Crippen LogP contribution in [0.25, 0.3) is 16.7 Å². The Bertz CT molecular complexity index is 1090. The molecular weight excluding hydrogens is 328 g/mol. The number of nitrogens with two attached hydrogens (primary N) is 1. The molecule has 0 aliphatic carbocycles. The van der Waals surface area contributed by atoms with Gasteiger partial charge in [-0.05, 0) is 30.5 Å². The van der Waals surface area contributed by atoms with Crippen LogP contribution in [0, 0.1) is 11.3 Å². The molecule has 3 rings (SSSR count). The average molecular weight is 344 g/mol. The molecule has 24 heavy (non-hydrogen) atoms. The molecular formula is C16H16N4O3S. The molecule has 124 valence electrons. The zero-order valence-electron chi connectivity index (χ0n) is 13.0. The van der Waals surface area contributed by atoms with Gasteiger partial charge in [0.25, 0.3) is 0 Å². The first-order valence-corrected chi connectivity index (χ1v) is 9.21. The number of fused-ring (bicyclic) bond motifs is 3. The van der Waals surface area contributed by atoms with Gasteiger partial charge in [0.05, 0.1) is 16.6 Å². The summed E-state index contributed by atoms with van der Waals surface area (Å²) in [6.07, 6.45) is 1.62.